The van der Waals surface area contributed by atoms with Gasteiger partial charge in [0.25, 0.3) is 0 Å². The Morgan fingerprint density at radius 2 is 2.00 bits per heavy atom. The lowest BCUT2D eigenvalue weighted by molar-refractivity contribution is 0.163. The summed E-state index contributed by atoms with van der Waals surface area (Å²) >= 11 is 0. The molecule has 4 nitrogen and oxygen atoms in total. The van der Waals surface area contributed by atoms with Crippen molar-refractivity contribution in [1.29, 1.82) is 0 Å². The fraction of sp³-hybridized carbons (Fsp3) is 0.533. The maximum absolute atomic E-state index is 11.3. The summed E-state index contributed by atoms with van der Waals surface area (Å²) < 4.78 is 4.68. The van der Waals surface area contributed by atoms with Crippen LogP contribution in [0.4, 0.5) is 10.5 Å². The largest absolute Gasteiger partial charge is 0.453 e. The summed E-state index contributed by atoms with van der Waals surface area (Å²) in [6, 6.07) is 8.68. The van der Waals surface area contributed by atoms with E-state index < -0.39 is 0 Å². The minimum atomic E-state index is -0.344. The van der Waals surface area contributed by atoms with Crippen LogP contribution in [-0.4, -0.2) is 32.3 Å². The Morgan fingerprint density at radius 1 is 1.32 bits per heavy atom. The van der Waals surface area contributed by atoms with Crippen molar-refractivity contribution in [3.8, 4) is 0 Å². The maximum atomic E-state index is 11.3. The zero-order chi connectivity index (χ0) is 13.8. The number of hydrogen-bond acceptors (Lipinski definition) is 3. The SMILES string of the molecule is COC(=O)NC1CC(C)CN(c2ccc(C)cc2)C1. The number of alkyl carbamates (subject to hydrolysis) is 1. The Kier molecular flexibility index (Phi) is 4.30. The summed E-state index contributed by atoms with van der Waals surface area (Å²) in [5, 5.41) is 2.91. The van der Waals surface area contributed by atoms with Crippen molar-refractivity contribution in [2.75, 3.05) is 25.1 Å². The standard InChI is InChI=1S/C15H22N2O2/c1-11-4-6-14(7-5-11)17-9-12(2)8-13(10-17)16-15(18)19-3/h4-7,12-13H,8-10H2,1-3H3,(H,16,18). The molecule has 1 saturated heterocycles. The van der Waals surface area contributed by atoms with E-state index in [9.17, 15) is 4.79 Å². The Bertz CT molecular complexity index is 430. The van der Waals surface area contributed by atoms with Gasteiger partial charge in [0.05, 0.1) is 7.11 Å². The molecule has 1 aliphatic rings. The van der Waals surface area contributed by atoms with Crippen molar-refractivity contribution in [2.45, 2.75) is 26.3 Å². The number of methoxy groups -OCH3 is 1. The third kappa shape index (κ3) is 3.63. The Labute approximate surface area is 114 Å². The van der Waals surface area contributed by atoms with E-state index in [1.165, 1.54) is 18.4 Å². The number of aryl methyl sites for hydroxylation is 1. The second-order valence-corrected chi connectivity index (χ2v) is 5.41. The van der Waals surface area contributed by atoms with Gasteiger partial charge in [-0.2, -0.15) is 0 Å². The molecule has 4 heteroatoms. The lowest BCUT2D eigenvalue weighted by Gasteiger charge is -2.38. The molecule has 0 radical (unpaired) electrons. The highest BCUT2D eigenvalue weighted by molar-refractivity contribution is 5.67. The number of benzene rings is 1. The molecule has 1 aromatic rings. The van der Waals surface area contributed by atoms with Gasteiger partial charge in [0, 0.05) is 24.8 Å². The molecule has 0 spiro atoms. The second kappa shape index (κ2) is 5.95. The van der Waals surface area contributed by atoms with Gasteiger partial charge in [-0.1, -0.05) is 24.6 Å². The van der Waals surface area contributed by atoms with E-state index in [0.717, 1.165) is 19.5 Å². The van der Waals surface area contributed by atoms with E-state index in [1.54, 1.807) is 0 Å². The molecular formula is C15H22N2O2. The fourth-order valence-electron chi connectivity index (χ4n) is 2.65. The minimum absolute atomic E-state index is 0.150. The van der Waals surface area contributed by atoms with Crippen LogP contribution in [0.25, 0.3) is 0 Å². The van der Waals surface area contributed by atoms with E-state index >= 15 is 0 Å². The van der Waals surface area contributed by atoms with Gasteiger partial charge < -0.3 is 15.0 Å². The summed E-state index contributed by atoms with van der Waals surface area (Å²) in [5.41, 5.74) is 2.48. The Balaban J connectivity index is 2.05. The van der Waals surface area contributed by atoms with Crippen LogP contribution in [0, 0.1) is 12.8 Å². The van der Waals surface area contributed by atoms with Crippen LogP contribution in [0.15, 0.2) is 24.3 Å². The first-order valence-electron chi connectivity index (χ1n) is 6.74. The molecule has 19 heavy (non-hydrogen) atoms. The zero-order valence-corrected chi connectivity index (χ0v) is 11.8. The van der Waals surface area contributed by atoms with Crippen molar-refractivity contribution in [3.05, 3.63) is 29.8 Å². The van der Waals surface area contributed by atoms with Crippen molar-refractivity contribution < 1.29 is 9.53 Å². The first-order chi connectivity index (χ1) is 9.08. The third-order valence-electron chi connectivity index (χ3n) is 3.57. The van der Waals surface area contributed by atoms with Crippen molar-refractivity contribution in [3.63, 3.8) is 0 Å². The second-order valence-electron chi connectivity index (χ2n) is 5.41. The number of nitrogens with one attached hydrogen (secondary N) is 1. The highest BCUT2D eigenvalue weighted by Crippen LogP contribution is 2.23. The summed E-state index contributed by atoms with van der Waals surface area (Å²) in [7, 11) is 1.40. The van der Waals surface area contributed by atoms with Gasteiger partial charge in [-0.25, -0.2) is 4.79 Å². The van der Waals surface area contributed by atoms with Gasteiger partial charge >= 0.3 is 6.09 Å². The highest BCUT2D eigenvalue weighted by Gasteiger charge is 2.26. The van der Waals surface area contributed by atoms with Crippen molar-refractivity contribution >= 4 is 11.8 Å². The predicted molar refractivity (Wildman–Crippen MR) is 76.5 cm³/mol. The molecule has 2 atom stereocenters. The average Bonchev–Trinajstić information content (AvgIpc) is 2.38. The monoisotopic (exact) mass is 262 g/mol. The quantitative estimate of drug-likeness (QED) is 0.890. The van der Waals surface area contributed by atoms with Crippen LogP contribution in [0.1, 0.15) is 18.9 Å². The molecule has 2 unspecified atom stereocenters. The van der Waals surface area contributed by atoms with E-state index in [1.807, 2.05) is 0 Å². The van der Waals surface area contributed by atoms with Crippen LogP contribution in [0.3, 0.4) is 0 Å². The lowest BCUT2D eigenvalue weighted by Crippen LogP contribution is -2.50. The smallest absolute Gasteiger partial charge is 0.407 e. The maximum Gasteiger partial charge on any atom is 0.407 e. The summed E-state index contributed by atoms with van der Waals surface area (Å²) in [6.07, 6.45) is 0.653. The lowest BCUT2D eigenvalue weighted by atomic mass is 9.95. The van der Waals surface area contributed by atoms with Gasteiger partial charge in [-0.3, -0.25) is 0 Å². The Hall–Kier alpha value is -1.71. The van der Waals surface area contributed by atoms with E-state index in [0.29, 0.717) is 5.92 Å². The molecule has 104 valence electrons. The number of ether oxygens (including phenoxy) is 1. The minimum Gasteiger partial charge on any atom is -0.453 e. The first-order valence-corrected chi connectivity index (χ1v) is 6.74. The van der Waals surface area contributed by atoms with Gasteiger partial charge in [-0.15, -0.1) is 0 Å². The van der Waals surface area contributed by atoms with Crippen molar-refractivity contribution in [1.82, 2.24) is 5.32 Å². The van der Waals surface area contributed by atoms with E-state index in [2.05, 4.69) is 53.1 Å². The van der Waals surface area contributed by atoms with E-state index in [4.69, 9.17) is 0 Å². The molecule has 1 heterocycles. The fourth-order valence-corrected chi connectivity index (χ4v) is 2.65. The zero-order valence-electron chi connectivity index (χ0n) is 11.8. The molecule has 0 aliphatic carbocycles. The molecule has 1 aromatic carbocycles. The number of hydrogen-bond donors (Lipinski definition) is 1. The van der Waals surface area contributed by atoms with Gasteiger partial charge in [0.1, 0.15) is 0 Å². The molecule has 2 rings (SSSR count). The van der Waals surface area contributed by atoms with Crippen LogP contribution in [-0.2, 0) is 4.74 Å². The van der Waals surface area contributed by atoms with Crippen LogP contribution in [0.2, 0.25) is 0 Å². The number of amides is 1. The molecular weight excluding hydrogens is 240 g/mol. The summed E-state index contributed by atoms with van der Waals surface area (Å²) in [6.45, 7) is 6.17. The Morgan fingerprint density at radius 3 is 2.63 bits per heavy atom. The molecule has 1 aliphatic heterocycles. The molecule has 1 N–H and O–H groups in total. The normalized spacial score (nSPS) is 23.0. The predicted octanol–water partition coefficient (Wildman–Crippen LogP) is 2.57. The average molecular weight is 262 g/mol. The summed E-state index contributed by atoms with van der Waals surface area (Å²) in [4.78, 5) is 13.7. The first kappa shape index (κ1) is 13.7. The molecule has 0 saturated carbocycles. The van der Waals surface area contributed by atoms with Gasteiger partial charge in [0.2, 0.25) is 0 Å². The van der Waals surface area contributed by atoms with E-state index in [-0.39, 0.29) is 12.1 Å². The number of piperidine rings is 1. The van der Waals surface area contributed by atoms with Crippen LogP contribution < -0.4 is 10.2 Å². The molecule has 1 fully saturated rings. The molecule has 0 bridgehead atoms. The number of anilines is 1. The number of nitrogens with zero attached hydrogens (tertiary/aromatic N) is 1. The third-order valence-corrected chi connectivity index (χ3v) is 3.57. The molecule has 0 aromatic heterocycles. The number of rotatable bonds is 2. The van der Waals surface area contributed by atoms with Crippen LogP contribution in [0.5, 0.6) is 0 Å². The van der Waals surface area contributed by atoms with Gasteiger partial charge in [0.15, 0.2) is 0 Å². The van der Waals surface area contributed by atoms with Crippen molar-refractivity contribution in [2.24, 2.45) is 5.92 Å². The van der Waals surface area contributed by atoms with Gasteiger partial charge in [-0.05, 0) is 31.4 Å². The summed E-state index contributed by atoms with van der Waals surface area (Å²) in [5.74, 6) is 0.553. The topological polar surface area (TPSA) is 41.6 Å². The molecule has 1 amide bonds. The number of carbonyl (C=O) groups is 1. The highest BCUT2D eigenvalue weighted by atomic mass is 16.5. The number of carbonyl (C=O) groups excluding carboxylic acids is 1. The van der Waals surface area contributed by atoms with Crippen LogP contribution >= 0.6 is 0 Å².